The number of amides is 1. The molecule has 0 radical (unpaired) electrons. The quantitative estimate of drug-likeness (QED) is 0.596. The molecule has 4 nitrogen and oxygen atoms in total. The van der Waals surface area contributed by atoms with E-state index in [-0.39, 0.29) is 11.7 Å². The number of phenolic OH excluding ortho intramolecular Hbond substituents is 1. The first kappa shape index (κ1) is 16.2. The standard InChI is InChI=1S/C16H11BrN2O2S2/c1-9-2-4-11(8-18-9)19-15(21)14(23-16(19)22)7-10-3-5-13(20)12(17)6-10/h2-8,20H,1H3/b14-7+. The molecular weight excluding hydrogens is 396 g/mol. The van der Waals surface area contributed by atoms with Crippen LogP contribution in [0, 0.1) is 6.92 Å². The molecule has 23 heavy (non-hydrogen) atoms. The third-order valence-electron chi connectivity index (χ3n) is 3.22. The molecule has 0 saturated carbocycles. The second kappa shape index (κ2) is 6.43. The van der Waals surface area contributed by atoms with Gasteiger partial charge in [-0.2, -0.15) is 0 Å². The summed E-state index contributed by atoms with van der Waals surface area (Å²) >= 11 is 9.83. The lowest BCUT2D eigenvalue weighted by molar-refractivity contribution is -0.113. The van der Waals surface area contributed by atoms with Crippen LogP contribution < -0.4 is 4.90 Å². The van der Waals surface area contributed by atoms with Gasteiger partial charge in [0.05, 0.1) is 21.3 Å². The van der Waals surface area contributed by atoms with Gasteiger partial charge in [0.2, 0.25) is 0 Å². The van der Waals surface area contributed by atoms with Gasteiger partial charge >= 0.3 is 0 Å². The molecule has 1 fully saturated rings. The summed E-state index contributed by atoms with van der Waals surface area (Å²) < 4.78 is 1.05. The summed E-state index contributed by atoms with van der Waals surface area (Å²) in [6.07, 6.45) is 3.39. The van der Waals surface area contributed by atoms with Crippen molar-refractivity contribution in [3.8, 4) is 5.75 Å². The van der Waals surface area contributed by atoms with Crippen LogP contribution in [0.4, 0.5) is 5.69 Å². The number of rotatable bonds is 2. The number of aryl methyl sites for hydroxylation is 1. The summed E-state index contributed by atoms with van der Waals surface area (Å²) in [5.74, 6) is -0.0183. The third-order valence-corrected chi connectivity index (χ3v) is 5.15. The topological polar surface area (TPSA) is 53.4 Å². The maximum Gasteiger partial charge on any atom is 0.270 e. The van der Waals surface area contributed by atoms with Gasteiger partial charge in [-0.25, -0.2) is 0 Å². The Morgan fingerprint density at radius 3 is 2.78 bits per heavy atom. The number of phenols is 1. The second-order valence-corrected chi connectivity index (χ2v) is 7.42. The minimum absolute atomic E-state index is 0.153. The van der Waals surface area contributed by atoms with Crippen molar-refractivity contribution >= 4 is 61.9 Å². The monoisotopic (exact) mass is 406 g/mol. The molecule has 2 aromatic rings. The molecule has 7 heteroatoms. The van der Waals surface area contributed by atoms with Crippen LogP contribution >= 0.6 is 39.9 Å². The number of pyridine rings is 1. The first-order chi connectivity index (χ1) is 11.0. The number of thiocarbonyl (C=S) groups is 1. The molecule has 3 rings (SSSR count). The first-order valence-corrected chi connectivity index (χ1v) is 8.66. The second-order valence-electron chi connectivity index (χ2n) is 4.89. The molecule has 1 saturated heterocycles. The van der Waals surface area contributed by atoms with Crippen molar-refractivity contribution < 1.29 is 9.90 Å². The highest BCUT2D eigenvalue weighted by atomic mass is 79.9. The third kappa shape index (κ3) is 3.31. The van der Waals surface area contributed by atoms with Crippen LogP contribution in [0.15, 0.2) is 45.9 Å². The summed E-state index contributed by atoms with van der Waals surface area (Å²) in [6, 6.07) is 8.72. The molecule has 2 heterocycles. The Bertz CT molecular complexity index is 834. The van der Waals surface area contributed by atoms with E-state index in [2.05, 4.69) is 20.9 Å². The van der Waals surface area contributed by atoms with E-state index in [0.29, 0.717) is 19.4 Å². The minimum atomic E-state index is -0.171. The molecule has 1 aromatic heterocycles. The highest BCUT2D eigenvalue weighted by molar-refractivity contribution is 9.10. The van der Waals surface area contributed by atoms with E-state index in [9.17, 15) is 9.90 Å². The number of carbonyl (C=O) groups is 1. The summed E-state index contributed by atoms with van der Waals surface area (Å²) in [7, 11) is 0. The lowest BCUT2D eigenvalue weighted by atomic mass is 10.2. The van der Waals surface area contributed by atoms with Crippen LogP contribution in [0.5, 0.6) is 5.75 Å². The highest BCUT2D eigenvalue weighted by Gasteiger charge is 2.33. The van der Waals surface area contributed by atoms with Crippen LogP contribution in [-0.2, 0) is 4.79 Å². The molecule has 1 amide bonds. The summed E-state index contributed by atoms with van der Waals surface area (Å²) in [5, 5.41) is 9.54. The van der Waals surface area contributed by atoms with Crippen molar-refractivity contribution in [3.63, 3.8) is 0 Å². The maximum absolute atomic E-state index is 12.6. The number of nitrogens with zero attached hydrogens (tertiary/aromatic N) is 2. The van der Waals surface area contributed by atoms with Crippen LogP contribution in [0.3, 0.4) is 0 Å². The Morgan fingerprint density at radius 2 is 2.13 bits per heavy atom. The van der Waals surface area contributed by atoms with Crippen molar-refractivity contribution in [1.29, 1.82) is 0 Å². The van der Waals surface area contributed by atoms with Crippen molar-refractivity contribution in [2.24, 2.45) is 0 Å². The lowest BCUT2D eigenvalue weighted by Crippen LogP contribution is -2.27. The van der Waals surface area contributed by atoms with Crippen molar-refractivity contribution in [2.75, 3.05) is 4.90 Å². The van der Waals surface area contributed by atoms with Gasteiger partial charge in [0.25, 0.3) is 5.91 Å². The Morgan fingerprint density at radius 1 is 1.35 bits per heavy atom. The van der Waals surface area contributed by atoms with E-state index in [1.54, 1.807) is 30.5 Å². The molecule has 0 aliphatic carbocycles. The van der Waals surface area contributed by atoms with Gasteiger partial charge in [-0.05, 0) is 58.8 Å². The fourth-order valence-electron chi connectivity index (χ4n) is 2.05. The number of hydrogen-bond donors (Lipinski definition) is 1. The zero-order valence-electron chi connectivity index (χ0n) is 12.0. The summed E-state index contributed by atoms with van der Waals surface area (Å²) in [6.45, 7) is 1.89. The number of thioether (sulfide) groups is 1. The normalized spacial score (nSPS) is 16.4. The van der Waals surface area contributed by atoms with Gasteiger partial charge in [0, 0.05) is 5.69 Å². The molecule has 0 bridgehead atoms. The van der Waals surface area contributed by atoms with Crippen LogP contribution in [0.25, 0.3) is 6.08 Å². The van der Waals surface area contributed by atoms with Crippen molar-refractivity contribution in [1.82, 2.24) is 4.98 Å². The zero-order chi connectivity index (χ0) is 16.6. The number of anilines is 1. The first-order valence-electron chi connectivity index (χ1n) is 6.65. The Labute approximate surface area is 151 Å². The number of hydrogen-bond acceptors (Lipinski definition) is 5. The number of aromatic hydroxyl groups is 1. The molecule has 1 N–H and O–H groups in total. The summed E-state index contributed by atoms with van der Waals surface area (Å²) in [4.78, 5) is 18.8. The average molecular weight is 407 g/mol. The number of halogens is 1. The van der Waals surface area contributed by atoms with E-state index >= 15 is 0 Å². The molecule has 0 atom stereocenters. The van der Waals surface area contributed by atoms with Gasteiger partial charge in [-0.3, -0.25) is 14.7 Å². The number of carbonyl (C=O) groups excluding carboxylic acids is 1. The van der Waals surface area contributed by atoms with Gasteiger partial charge in [0.1, 0.15) is 5.75 Å². The smallest absolute Gasteiger partial charge is 0.270 e. The molecule has 1 aliphatic heterocycles. The summed E-state index contributed by atoms with van der Waals surface area (Å²) in [5.41, 5.74) is 2.34. The predicted molar refractivity (Wildman–Crippen MR) is 100 cm³/mol. The number of aromatic nitrogens is 1. The van der Waals surface area contributed by atoms with Gasteiger partial charge in [-0.1, -0.05) is 30.0 Å². The van der Waals surface area contributed by atoms with E-state index < -0.39 is 0 Å². The maximum atomic E-state index is 12.6. The Balaban J connectivity index is 1.92. The Kier molecular flexibility index (Phi) is 4.52. The average Bonchev–Trinajstić information content (AvgIpc) is 2.79. The zero-order valence-corrected chi connectivity index (χ0v) is 15.2. The highest BCUT2D eigenvalue weighted by Crippen LogP contribution is 2.36. The van der Waals surface area contributed by atoms with Crippen molar-refractivity contribution in [3.05, 3.63) is 57.2 Å². The van der Waals surface area contributed by atoms with Gasteiger partial charge in [-0.15, -0.1) is 0 Å². The largest absolute Gasteiger partial charge is 0.507 e. The molecule has 0 spiro atoms. The van der Waals surface area contributed by atoms with Crippen LogP contribution in [-0.4, -0.2) is 20.3 Å². The van der Waals surface area contributed by atoms with Crippen molar-refractivity contribution in [2.45, 2.75) is 6.92 Å². The fraction of sp³-hybridized carbons (Fsp3) is 0.0625. The molecule has 1 aliphatic rings. The van der Waals surface area contributed by atoms with Crippen LogP contribution in [0.2, 0.25) is 0 Å². The lowest BCUT2D eigenvalue weighted by Gasteiger charge is -2.13. The Hall–Kier alpha value is -1.70. The molecular formula is C16H11BrN2O2S2. The molecule has 1 aromatic carbocycles. The van der Waals surface area contributed by atoms with Gasteiger partial charge in [0.15, 0.2) is 4.32 Å². The van der Waals surface area contributed by atoms with E-state index in [0.717, 1.165) is 11.3 Å². The number of benzene rings is 1. The van der Waals surface area contributed by atoms with Gasteiger partial charge < -0.3 is 5.11 Å². The minimum Gasteiger partial charge on any atom is -0.507 e. The SMILES string of the molecule is Cc1ccc(N2C(=O)/C(=C\c3ccc(O)c(Br)c3)SC2=S)cn1. The van der Waals surface area contributed by atoms with E-state index in [1.807, 2.05) is 19.1 Å². The van der Waals surface area contributed by atoms with Crippen LogP contribution in [0.1, 0.15) is 11.3 Å². The van der Waals surface area contributed by atoms with E-state index in [1.165, 1.54) is 16.7 Å². The fourth-order valence-corrected chi connectivity index (χ4v) is 3.74. The molecule has 116 valence electrons. The van der Waals surface area contributed by atoms with E-state index in [4.69, 9.17) is 12.2 Å². The predicted octanol–water partition coefficient (Wildman–Crippen LogP) is 4.26. The molecule has 0 unspecified atom stereocenters.